The Morgan fingerprint density at radius 2 is 2.04 bits per heavy atom. The number of esters is 1. The first-order chi connectivity index (χ1) is 12.6. The fraction of sp³-hybridized carbons (Fsp3) is 0.700. The summed E-state index contributed by atoms with van der Waals surface area (Å²) in [6, 6.07) is 0. The zero-order valence-corrected chi connectivity index (χ0v) is 16.0. The summed E-state index contributed by atoms with van der Waals surface area (Å²) in [6.45, 7) is 6.76. The molecular weight excluding hydrogens is 352 g/mol. The van der Waals surface area contributed by atoms with E-state index in [0.717, 1.165) is 0 Å². The number of ketones is 1. The van der Waals surface area contributed by atoms with Crippen LogP contribution >= 0.6 is 0 Å². The third-order valence-electron chi connectivity index (χ3n) is 7.01. The van der Waals surface area contributed by atoms with Crippen molar-refractivity contribution in [3.8, 4) is 0 Å². The molecule has 0 saturated carbocycles. The average Bonchev–Trinajstić information content (AvgIpc) is 3.14. The number of hydrogen-bond donors (Lipinski definition) is 2. The third-order valence-corrected chi connectivity index (χ3v) is 7.01. The van der Waals surface area contributed by atoms with Crippen molar-refractivity contribution < 1.29 is 34.0 Å². The molecule has 0 aromatic carbocycles. The number of rotatable bonds is 3. The summed E-state index contributed by atoms with van der Waals surface area (Å²) in [5.74, 6) is -2.94. The normalized spacial score (nSPS) is 46.5. The molecule has 4 aliphatic rings. The fourth-order valence-electron chi connectivity index (χ4n) is 5.08. The van der Waals surface area contributed by atoms with E-state index in [-0.39, 0.29) is 24.7 Å². The topological polar surface area (TPSA) is 102 Å². The van der Waals surface area contributed by atoms with Crippen LogP contribution in [0.4, 0.5) is 0 Å². The van der Waals surface area contributed by atoms with E-state index in [9.17, 15) is 19.8 Å². The highest BCUT2D eigenvalue weighted by atomic mass is 16.7. The zero-order valence-electron chi connectivity index (χ0n) is 16.0. The lowest BCUT2D eigenvalue weighted by molar-refractivity contribution is -0.267. The molecule has 4 heterocycles. The lowest BCUT2D eigenvalue weighted by atomic mass is 9.66. The Hall–Kier alpha value is -1.70. The Labute approximate surface area is 158 Å². The molecule has 2 saturated heterocycles. The third kappa shape index (κ3) is 2.19. The van der Waals surface area contributed by atoms with E-state index in [1.807, 2.05) is 13.8 Å². The van der Waals surface area contributed by atoms with Crippen LogP contribution in [0.25, 0.3) is 0 Å². The molecule has 2 bridgehead atoms. The maximum absolute atomic E-state index is 12.9. The van der Waals surface area contributed by atoms with Gasteiger partial charge in [-0.15, -0.1) is 0 Å². The van der Waals surface area contributed by atoms with Gasteiger partial charge in [0.2, 0.25) is 5.78 Å². The number of carbonyl (C=O) groups excluding carboxylic acids is 2. The Morgan fingerprint density at radius 3 is 2.67 bits per heavy atom. The van der Waals surface area contributed by atoms with Gasteiger partial charge in [-0.3, -0.25) is 9.59 Å². The Bertz CT molecular complexity index is 770. The van der Waals surface area contributed by atoms with Gasteiger partial charge in [0.1, 0.15) is 17.3 Å². The fourth-order valence-corrected chi connectivity index (χ4v) is 5.08. The average molecular weight is 378 g/mol. The van der Waals surface area contributed by atoms with Gasteiger partial charge in [-0.1, -0.05) is 13.8 Å². The molecule has 148 valence electrons. The minimum absolute atomic E-state index is 0.185. The van der Waals surface area contributed by atoms with Gasteiger partial charge in [-0.25, -0.2) is 0 Å². The van der Waals surface area contributed by atoms with Gasteiger partial charge in [0.15, 0.2) is 11.4 Å². The molecule has 4 rings (SSSR count). The lowest BCUT2D eigenvalue weighted by Gasteiger charge is -2.38. The molecule has 2 fully saturated rings. The number of aliphatic hydroxyl groups is 2. The highest BCUT2D eigenvalue weighted by Gasteiger charge is 2.75. The Balaban J connectivity index is 1.88. The SMILES string of the molecule is CCC(C)C1(O)OC2CC3(C)OC(=CC3=O)C(CO)=CC3OC(=O)C1(C)C32. The number of fused-ring (bicyclic) bond motifs is 2. The second-order valence-electron chi connectivity index (χ2n) is 8.52. The van der Waals surface area contributed by atoms with Crippen LogP contribution in [0.15, 0.2) is 23.5 Å². The maximum Gasteiger partial charge on any atom is 0.318 e. The summed E-state index contributed by atoms with van der Waals surface area (Å²) < 4.78 is 17.7. The van der Waals surface area contributed by atoms with Gasteiger partial charge < -0.3 is 24.4 Å². The van der Waals surface area contributed by atoms with Crippen molar-refractivity contribution in [1.29, 1.82) is 0 Å². The molecule has 0 amide bonds. The van der Waals surface area contributed by atoms with Gasteiger partial charge in [-0.2, -0.15) is 0 Å². The molecule has 0 aromatic rings. The summed E-state index contributed by atoms with van der Waals surface area (Å²) in [5, 5.41) is 21.3. The quantitative estimate of drug-likeness (QED) is 0.712. The van der Waals surface area contributed by atoms with Crippen molar-refractivity contribution in [2.24, 2.45) is 17.3 Å². The van der Waals surface area contributed by atoms with E-state index in [0.29, 0.717) is 17.8 Å². The van der Waals surface area contributed by atoms with E-state index >= 15 is 0 Å². The zero-order chi connectivity index (χ0) is 19.8. The van der Waals surface area contributed by atoms with E-state index in [2.05, 4.69) is 0 Å². The van der Waals surface area contributed by atoms with Gasteiger partial charge in [-0.05, 0) is 26.3 Å². The molecule has 27 heavy (non-hydrogen) atoms. The number of hydrogen-bond acceptors (Lipinski definition) is 7. The Morgan fingerprint density at radius 1 is 1.33 bits per heavy atom. The van der Waals surface area contributed by atoms with Crippen molar-refractivity contribution in [1.82, 2.24) is 0 Å². The summed E-state index contributed by atoms with van der Waals surface area (Å²) >= 11 is 0. The molecule has 0 spiro atoms. The van der Waals surface area contributed by atoms with Gasteiger partial charge in [0.05, 0.1) is 12.7 Å². The maximum atomic E-state index is 12.9. The van der Waals surface area contributed by atoms with Crippen LogP contribution in [0.5, 0.6) is 0 Å². The monoisotopic (exact) mass is 378 g/mol. The van der Waals surface area contributed by atoms with Crippen LogP contribution in [-0.4, -0.2) is 52.2 Å². The van der Waals surface area contributed by atoms with Crippen molar-refractivity contribution in [3.63, 3.8) is 0 Å². The second kappa shape index (κ2) is 5.65. The van der Waals surface area contributed by atoms with Gasteiger partial charge >= 0.3 is 5.97 Å². The van der Waals surface area contributed by atoms with Crippen molar-refractivity contribution in [3.05, 3.63) is 23.5 Å². The van der Waals surface area contributed by atoms with Gasteiger partial charge in [0.25, 0.3) is 0 Å². The van der Waals surface area contributed by atoms with Crippen molar-refractivity contribution in [2.45, 2.75) is 64.1 Å². The highest BCUT2D eigenvalue weighted by molar-refractivity contribution is 6.00. The van der Waals surface area contributed by atoms with Crippen LogP contribution in [0, 0.1) is 17.3 Å². The van der Waals surface area contributed by atoms with E-state index in [1.54, 1.807) is 19.9 Å². The first-order valence-corrected chi connectivity index (χ1v) is 9.49. The molecule has 7 heteroatoms. The van der Waals surface area contributed by atoms with Crippen LogP contribution in [0.3, 0.4) is 0 Å². The smallest absolute Gasteiger partial charge is 0.318 e. The van der Waals surface area contributed by atoms with Crippen molar-refractivity contribution >= 4 is 11.8 Å². The molecular formula is C20H26O7. The molecule has 7 unspecified atom stereocenters. The first-order valence-electron chi connectivity index (χ1n) is 9.49. The van der Waals surface area contributed by atoms with Crippen LogP contribution in [0.2, 0.25) is 0 Å². The summed E-state index contributed by atoms with van der Waals surface area (Å²) in [4.78, 5) is 25.5. The number of aliphatic hydroxyl groups excluding tert-OH is 1. The number of carbonyl (C=O) groups is 2. The molecule has 0 aromatic heterocycles. The minimum atomic E-state index is -1.70. The molecule has 4 aliphatic heterocycles. The van der Waals surface area contributed by atoms with Crippen LogP contribution in [0.1, 0.15) is 40.5 Å². The van der Waals surface area contributed by atoms with Crippen LogP contribution < -0.4 is 0 Å². The Kier molecular flexibility index (Phi) is 3.91. The number of ether oxygens (including phenoxy) is 3. The largest absolute Gasteiger partial charge is 0.479 e. The van der Waals surface area contributed by atoms with Crippen molar-refractivity contribution in [2.75, 3.05) is 6.61 Å². The molecule has 7 nitrogen and oxygen atoms in total. The predicted octanol–water partition coefficient (Wildman–Crippen LogP) is 1.23. The molecule has 2 N–H and O–H groups in total. The van der Waals surface area contributed by atoms with E-state index < -0.39 is 40.9 Å². The van der Waals surface area contributed by atoms with Crippen LogP contribution in [-0.2, 0) is 23.8 Å². The predicted molar refractivity (Wildman–Crippen MR) is 93.1 cm³/mol. The second-order valence-corrected chi connectivity index (χ2v) is 8.52. The summed E-state index contributed by atoms with van der Waals surface area (Å²) in [6.07, 6.45) is 2.51. The molecule has 0 radical (unpaired) electrons. The minimum Gasteiger partial charge on any atom is -0.479 e. The van der Waals surface area contributed by atoms with E-state index in [1.165, 1.54) is 6.08 Å². The summed E-state index contributed by atoms with van der Waals surface area (Å²) in [5.41, 5.74) is -2.04. The molecule has 7 atom stereocenters. The standard InChI is InChI=1S/C20H26O7/c1-5-10(2)20(24)19(4)16-13(25-17(19)23)6-11(9-21)12-7-15(22)18(3,26-12)8-14(16)27-20/h6-7,10,13-14,16,21,24H,5,8-9H2,1-4H3. The first kappa shape index (κ1) is 18.7. The van der Waals surface area contributed by atoms with E-state index in [4.69, 9.17) is 14.2 Å². The summed E-state index contributed by atoms with van der Waals surface area (Å²) in [7, 11) is 0. The molecule has 0 aliphatic carbocycles. The van der Waals surface area contributed by atoms with Gasteiger partial charge in [0, 0.05) is 29.9 Å². The lowest BCUT2D eigenvalue weighted by Crippen LogP contribution is -2.53. The highest BCUT2D eigenvalue weighted by Crippen LogP contribution is 2.61.